The van der Waals surface area contributed by atoms with Crippen LogP contribution in [0, 0.1) is 20.8 Å². The molecule has 1 aliphatic heterocycles. The monoisotopic (exact) mass is 447 g/mol. The highest BCUT2D eigenvalue weighted by Crippen LogP contribution is 2.38. The Bertz CT molecular complexity index is 1270. The van der Waals surface area contributed by atoms with Gasteiger partial charge in [-0.15, -0.1) is 21.5 Å². The maximum Gasteiger partial charge on any atom is 0.253 e. The molecule has 0 N–H and O–H groups in total. The first kappa shape index (κ1) is 20.0. The number of thiophene rings is 1. The lowest BCUT2D eigenvalue weighted by Crippen LogP contribution is -2.23. The van der Waals surface area contributed by atoms with E-state index in [4.69, 9.17) is 16.7 Å². The van der Waals surface area contributed by atoms with Crippen LogP contribution in [0.3, 0.4) is 0 Å². The van der Waals surface area contributed by atoms with Crippen molar-refractivity contribution >= 4 is 34.6 Å². The van der Waals surface area contributed by atoms with Gasteiger partial charge in [0.2, 0.25) is 0 Å². The molecular formula is C24H22ClN5S. The molecule has 156 valence electrons. The highest BCUT2D eigenvalue weighted by molar-refractivity contribution is 7.15. The third-order valence-corrected chi connectivity index (χ3v) is 7.08. The van der Waals surface area contributed by atoms with Gasteiger partial charge in [-0.05, 0) is 50.5 Å². The Balaban J connectivity index is 1.68. The van der Waals surface area contributed by atoms with E-state index in [1.54, 1.807) is 11.3 Å². The summed E-state index contributed by atoms with van der Waals surface area (Å²) in [6.45, 7) is 7.01. The Morgan fingerprint density at radius 3 is 2.42 bits per heavy atom. The zero-order chi connectivity index (χ0) is 21.5. The number of aryl methyl sites for hydroxylation is 2. The van der Waals surface area contributed by atoms with Crippen molar-refractivity contribution < 1.29 is 0 Å². The average Bonchev–Trinajstić information content (AvgIpc) is 3.25. The minimum absolute atomic E-state index is 0.701. The van der Waals surface area contributed by atoms with Crippen molar-refractivity contribution in [3.05, 3.63) is 92.6 Å². The molecule has 0 radical (unpaired) electrons. The molecule has 4 aromatic rings. The van der Waals surface area contributed by atoms with Gasteiger partial charge in [0.05, 0.1) is 0 Å². The molecule has 0 atom stereocenters. The van der Waals surface area contributed by atoms with E-state index in [2.05, 4.69) is 52.9 Å². The quantitative estimate of drug-likeness (QED) is 0.401. The van der Waals surface area contributed by atoms with E-state index in [1.807, 2.05) is 42.3 Å². The Morgan fingerprint density at radius 2 is 1.68 bits per heavy atom. The molecule has 0 bridgehead atoms. The van der Waals surface area contributed by atoms with Gasteiger partial charge in [-0.2, -0.15) is 5.10 Å². The first-order valence-corrected chi connectivity index (χ1v) is 11.4. The summed E-state index contributed by atoms with van der Waals surface area (Å²) in [6, 6.07) is 18.3. The average molecular weight is 448 g/mol. The lowest BCUT2D eigenvalue weighted by molar-refractivity contribution is 0.781. The van der Waals surface area contributed by atoms with Gasteiger partial charge >= 0.3 is 0 Å². The number of anilines is 1. The Hall–Kier alpha value is -2.96. The van der Waals surface area contributed by atoms with Crippen molar-refractivity contribution in [3.63, 3.8) is 0 Å². The fourth-order valence-electron chi connectivity index (χ4n) is 3.86. The first-order valence-electron chi connectivity index (χ1n) is 10.2. The minimum Gasteiger partial charge on any atom is -0.254 e. The number of halogens is 1. The summed E-state index contributed by atoms with van der Waals surface area (Å²) < 4.78 is 2.14. The largest absolute Gasteiger partial charge is 0.254 e. The third-order valence-electron chi connectivity index (χ3n) is 5.64. The molecule has 31 heavy (non-hydrogen) atoms. The van der Waals surface area contributed by atoms with Crippen molar-refractivity contribution in [2.24, 2.45) is 5.10 Å². The second-order valence-corrected chi connectivity index (χ2v) is 9.30. The predicted octanol–water partition coefficient (Wildman–Crippen LogP) is 5.72. The van der Waals surface area contributed by atoms with Gasteiger partial charge in [0, 0.05) is 27.6 Å². The number of fused-ring (bicyclic) bond motifs is 3. The molecule has 0 fully saturated rings. The van der Waals surface area contributed by atoms with E-state index >= 15 is 0 Å². The molecular weight excluding hydrogens is 426 g/mol. The van der Waals surface area contributed by atoms with Gasteiger partial charge in [-0.25, -0.2) is 5.01 Å². The molecule has 0 saturated heterocycles. The van der Waals surface area contributed by atoms with E-state index in [1.165, 1.54) is 16.0 Å². The maximum absolute atomic E-state index is 6.17. The normalized spacial score (nSPS) is 12.9. The lowest BCUT2D eigenvalue weighted by atomic mass is 10.00. The van der Waals surface area contributed by atoms with E-state index < -0.39 is 0 Å². The van der Waals surface area contributed by atoms with Crippen LogP contribution in [0.2, 0.25) is 5.02 Å². The summed E-state index contributed by atoms with van der Waals surface area (Å²) in [7, 11) is 0. The van der Waals surface area contributed by atoms with Gasteiger partial charge < -0.3 is 0 Å². The molecule has 7 heteroatoms. The highest BCUT2D eigenvalue weighted by Gasteiger charge is 2.30. The predicted molar refractivity (Wildman–Crippen MR) is 128 cm³/mol. The number of hydrazone groups is 1. The molecule has 0 saturated carbocycles. The number of hydrogen-bond acceptors (Lipinski definition) is 5. The van der Waals surface area contributed by atoms with E-state index in [0.717, 1.165) is 40.0 Å². The van der Waals surface area contributed by atoms with Crippen LogP contribution in [0.4, 0.5) is 5.95 Å². The van der Waals surface area contributed by atoms with Crippen LogP contribution in [0.15, 0.2) is 59.7 Å². The van der Waals surface area contributed by atoms with Gasteiger partial charge in [0.25, 0.3) is 5.95 Å². The summed E-state index contributed by atoms with van der Waals surface area (Å²) in [6.07, 6.45) is 0.857. The molecule has 0 aliphatic carbocycles. The molecule has 2 aromatic carbocycles. The van der Waals surface area contributed by atoms with Crippen molar-refractivity contribution in [1.29, 1.82) is 0 Å². The highest BCUT2D eigenvalue weighted by atomic mass is 35.5. The van der Waals surface area contributed by atoms with Crippen LogP contribution in [0.25, 0.3) is 5.00 Å². The fraction of sp³-hybridized carbons (Fsp3) is 0.208. The lowest BCUT2D eigenvalue weighted by Gasteiger charge is -2.18. The van der Waals surface area contributed by atoms with Crippen LogP contribution in [-0.4, -0.2) is 27.0 Å². The van der Waals surface area contributed by atoms with Crippen molar-refractivity contribution in [2.45, 2.75) is 27.2 Å². The summed E-state index contributed by atoms with van der Waals surface area (Å²) in [5.74, 6) is 1.61. The minimum atomic E-state index is 0.701. The molecule has 0 amide bonds. The van der Waals surface area contributed by atoms with Gasteiger partial charge in [0.1, 0.15) is 16.5 Å². The van der Waals surface area contributed by atoms with Crippen LogP contribution in [-0.2, 0) is 6.42 Å². The molecule has 0 unspecified atom stereocenters. The van der Waals surface area contributed by atoms with Crippen LogP contribution in [0.5, 0.6) is 0 Å². The molecule has 5 nitrogen and oxygen atoms in total. The Kier molecular flexibility index (Phi) is 5.12. The zero-order valence-corrected chi connectivity index (χ0v) is 19.2. The summed E-state index contributed by atoms with van der Waals surface area (Å²) in [5.41, 5.74) is 5.60. The summed E-state index contributed by atoms with van der Waals surface area (Å²) in [4.78, 5) is 1.27. The van der Waals surface area contributed by atoms with Gasteiger partial charge in [-0.3, -0.25) is 4.57 Å². The van der Waals surface area contributed by atoms with Crippen LogP contribution < -0.4 is 5.01 Å². The van der Waals surface area contributed by atoms with Crippen LogP contribution >= 0.6 is 22.9 Å². The SMILES string of the molecule is Cc1sc2c(c1C)C(c1ccc(Cl)cc1)=NN(CCc1ccccc1)c1nnc(C)n1-2. The van der Waals surface area contributed by atoms with Crippen molar-refractivity contribution in [3.8, 4) is 5.00 Å². The summed E-state index contributed by atoms with van der Waals surface area (Å²) in [5, 5.41) is 17.9. The first-order chi connectivity index (χ1) is 15.0. The smallest absolute Gasteiger partial charge is 0.253 e. The molecule has 1 aliphatic rings. The van der Waals surface area contributed by atoms with Gasteiger partial charge in [0.15, 0.2) is 0 Å². The van der Waals surface area contributed by atoms with Crippen LogP contribution in [0.1, 0.15) is 33.0 Å². The number of aromatic nitrogens is 3. The van der Waals surface area contributed by atoms with E-state index in [-0.39, 0.29) is 0 Å². The Labute approximate surface area is 190 Å². The number of rotatable bonds is 4. The third kappa shape index (κ3) is 3.56. The standard InChI is InChI=1S/C24H22ClN5S/c1-15-16(2)31-23-21(15)22(19-9-11-20(25)12-10-19)28-29(24-27-26-17(3)30(23)24)14-13-18-7-5-4-6-8-18/h4-12H,13-14H2,1-3H3. The second-order valence-electron chi connectivity index (χ2n) is 7.66. The molecule has 3 heterocycles. The topological polar surface area (TPSA) is 46.3 Å². The van der Waals surface area contributed by atoms with Crippen molar-refractivity contribution in [1.82, 2.24) is 14.8 Å². The van der Waals surface area contributed by atoms with E-state index in [0.29, 0.717) is 11.6 Å². The summed E-state index contributed by atoms with van der Waals surface area (Å²) >= 11 is 7.93. The molecule has 0 spiro atoms. The number of benzene rings is 2. The molecule has 2 aromatic heterocycles. The van der Waals surface area contributed by atoms with Crippen molar-refractivity contribution in [2.75, 3.05) is 11.6 Å². The number of nitrogens with zero attached hydrogens (tertiary/aromatic N) is 5. The Morgan fingerprint density at radius 1 is 0.935 bits per heavy atom. The number of hydrogen-bond donors (Lipinski definition) is 0. The second kappa shape index (κ2) is 7.94. The fourth-order valence-corrected chi connectivity index (χ4v) is 5.18. The zero-order valence-electron chi connectivity index (χ0n) is 17.6. The molecule has 5 rings (SSSR count). The maximum atomic E-state index is 6.17. The van der Waals surface area contributed by atoms with E-state index in [9.17, 15) is 0 Å². The van der Waals surface area contributed by atoms with Gasteiger partial charge in [-0.1, -0.05) is 54.1 Å².